The summed E-state index contributed by atoms with van der Waals surface area (Å²) in [7, 11) is 0. The molecular weight excluding hydrogens is 264 g/mol. The molecule has 1 saturated heterocycles. The van der Waals surface area contributed by atoms with Gasteiger partial charge in [0, 0.05) is 13.0 Å². The first-order valence-electron chi connectivity index (χ1n) is 7.83. The maximum absolute atomic E-state index is 12.1. The maximum atomic E-state index is 12.1. The van der Waals surface area contributed by atoms with Gasteiger partial charge in [0.2, 0.25) is 5.91 Å². The summed E-state index contributed by atoms with van der Waals surface area (Å²) in [5.41, 5.74) is 6.48. The Morgan fingerprint density at radius 3 is 2.81 bits per heavy atom. The zero-order valence-electron chi connectivity index (χ0n) is 13.0. The zero-order chi connectivity index (χ0) is 15.2. The lowest BCUT2D eigenvalue weighted by Gasteiger charge is -2.22. The van der Waals surface area contributed by atoms with Crippen molar-refractivity contribution in [3.8, 4) is 5.75 Å². The summed E-state index contributed by atoms with van der Waals surface area (Å²) in [6.45, 7) is 6.46. The number of nitrogens with two attached hydrogens (primary N) is 1. The Balaban J connectivity index is 1.82. The number of para-hydroxylation sites is 2. The van der Waals surface area contributed by atoms with Crippen LogP contribution in [0.25, 0.3) is 0 Å². The lowest BCUT2D eigenvalue weighted by atomic mass is 9.89. The van der Waals surface area contributed by atoms with E-state index in [-0.39, 0.29) is 5.91 Å². The fourth-order valence-electron chi connectivity index (χ4n) is 2.84. The number of amides is 1. The van der Waals surface area contributed by atoms with Crippen LogP contribution in [-0.2, 0) is 4.79 Å². The molecule has 1 aromatic rings. The van der Waals surface area contributed by atoms with Crippen molar-refractivity contribution in [1.82, 2.24) is 4.90 Å². The molecule has 1 fully saturated rings. The van der Waals surface area contributed by atoms with Crippen molar-refractivity contribution in [2.24, 2.45) is 11.8 Å². The number of nitrogens with zero attached hydrogens (tertiary/aromatic N) is 1. The normalized spacial score (nSPS) is 19.7. The van der Waals surface area contributed by atoms with Crippen LogP contribution in [0.1, 0.15) is 33.1 Å². The van der Waals surface area contributed by atoms with E-state index in [1.165, 1.54) is 0 Å². The molecule has 1 amide bonds. The molecule has 116 valence electrons. The molecule has 2 N–H and O–H groups in total. The van der Waals surface area contributed by atoms with E-state index in [0.29, 0.717) is 42.8 Å². The third kappa shape index (κ3) is 4.38. The molecular formula is C17H26N2O2. The molecule has 0 bridgehead atoms. The van der Waals surface area contributed by atoms with Gasteiger partial charge in [-0.25, -0.2) is 0 Å². The van der Waals surface area contributed by atoms with Gasteiger partial charge in [0.1, 0.15) is 12.4 Å². The second-order valence-electron chi connectivity index (χ2n) is 6.10. The third-order valence-electron chi connectivity index (χ3n) is 4.33. The van der Waals surface area contributed by atoms with E-state index in [9.17, 15) is 4.79 Å². The number of benzene rings is 1. The summed E-state index contributed by atoms with van der Waals surface area (Å²) >= 11 is 0. The lowest BCUT2D eigenvalue weighted by molar-refractivity contribution is -0.131. The molecule has 1 heterocycles. The van der Waals surface area contributed by atoms with Gasteiger partial charge in [-0.3, -0.25) is 4.79 Å². The lowest BCUT2D eigenvalue weighted by Crippen LogP contribution is -2.34. The summed E-state index contributed by atoms with van der Waals surface area (Å²) in [5.74, 6) is 2.25. The Hall–Kier alpha value is -1.71. The number of hydrogen-bond acceptors (Lipinski definition) is 3. The van der Waals surface area contributed by atoms with E-state index in [2.05, 4.69) is 13.8 Å². The molecule has 2 rings (SSSR count). The molecule has 1 aromatic carbocycles. The summed E-state index contributed by atoms with van der Waals surface area (Å²) in [6, 6.07) is 7.45. The van der Waals surface area contributed by atoms with Crippen LogP contribution < -0.4 is 10.5 Å². The highest BCUT2D eigenvalue weighted by atomic mass is 16.5. The van der Waals surface area contributed by atoms with Crippen LogP contribution >= 0.6 is 0 Å². The highest BCUT2D eigenvalue weighted by Gasteiger charge is 2.23. The minimum absolute atomic E-state index is 0.253. The number of rotatable bonds is 5. The average molecular weight is 290 g/mol. The van der Waals surface area contributed by atoms with Crippen LogP contribution in [0, 0.1) is 11.8 Å². The van der Waals surface area contributed by atoms with E-state index < -0.39 is 0 Å². The second kappa shape index (κ2) is 7.34. The molecule has 0 radical (unpaired) electrons. The van der Waals surface area contributed by atoms with E-state index >= 15 is 0 Å². The van der Waals surface area contributed by atoms with Gasteiger partial charge in [-0.05, 0) is 36.8 Å². The number of ether oxygens (including phenoxy) is 1. The van der Waals surface area contributed by atoms with Crippen LogP contribution in [0.3, 0.4) is 0 Å². The first-order valence-corrected chi connectivity index (χ1v) is 7.83. The summed E-state index contributed by atoms with van der Waals surface area (Å²) < 4.78 is 5.68. The molecule has 1 aliphatic heterocycles. The molecule has 4 heteroatoms. The van der Waals surface area contributed by atoms with E-state index in [0.717, 1.165) is 19.4 Å². The van der Waals surface area contributed by atoms with Gasteiger partial charge in [-0.15, -0.1) is 0 Å². The minimum atomic E-state index is 0.253. The summed E-state index contributed by atoms with van der Waals surface area (Å²) in [4.78, 5) is 14.1. The van der Waals surface area contributed by atoms with Crippen molar-refractivity contribution in [2.45, 2.75) is 33.1 Å². The van der Waals surface area contributed by atoms with Gasteiger partial charge in [-0.1, -0.05) is 26.0 Å². The quantitative estimate of drug-likeness (QED) is 0.848. The minimum Gasteiger partial charge on any atom is -0.490 e. The first-order chi connectivity index (χ1) is 10.1. The Bertz CT molecular complexity index is 474. The zero-order valence-corrected chi connectivity index (χ0v) is 13.0. The van der Waals surface area contributed by atoms with Crippen molar-refractivity contribution in [3.05, 3.63) is 24.3 Å². The number of likely N-dealkylation sites (tertiary alicyclic amines) is 1. The Morgan fingerprint density at radius 1 is 1.33 bits per heavy atom. The summed E-state index contributed by atoms with van der Waals surface area (Å²) in [5, 5.41) is 0. The summed E-state index contributed by atoms with van der Waals surface area (Å²) in [6.07, 6.45) is 2.77. The molecule has 0 saturated carbocycles. The van der Waals surface area contributed by atoms with Gasteiger partial charge in [-0.2, -0.15) is 0 Å². The number of nitrogen functional groups attached to an aromatic ring is 1. The predicted octanol–water partition coefficient (Wildman–Crippen LogP) is 2.93. The fourth-order valence-corrected chi connectivity index (χ4v) is 2.84. The smallest absolute Gasteiger partial charge is 0.222 e. The number of anilines is 1. The van der Waals surface area contributed by atoms with Gasteiger partial charge in [0.15, 0.2) is 0 Å². The molecule has 0 aliphatic carbocycles. The maximum Gasteiger partial charge on any atom is 0.222 e. The van der Waals surface area contributed by atoms with Crippen molar-refractivity contribution >= 4 is 11.6 Å². The van der Waals surface area contributed by atoms with Crippen molar-refractivity contribution in [2.75, 3.05) is 25.4 Å². The Kier molecular flexibility index (Phi) is 5.48. The Labute approximate surface area is 127 Å². The highest BCUT2D eigenvalue weighted by Crippen LogP contribution is 2.25. The van der Waals surface area contributed by atoms with Crippen LogP contribution in [0.15, 0.2) is 24.3 Å². The van der Waals surface area contributed by atoms with Crippen molar-refractivity contribution in [3.63, 3.8) is 0 Å². The largest absolute Gasteiger partial charge is 0.490 e. The molecule has 1 atom stereocenters. The van der Waals surface area contributed by atoms with Crippen LogP contribution in [0.4, 0.5) is 5.69 Å². The standard InChI is InChI=1S/C17H26N2O2/c1-13(2)14-7-8-17(20)19(10-9-14)11-12-21-16-6-4-3-5-15(16)18/h3-6,13-14H,7-12,18H2,1-2H3. The van der Waals surface area contributed by atoms with Crippen molar-refractivity contribution < 1.29 is 9.53 Å². The second-order valence-corrected chi connectivity index (χ2v) is 6.10. The van der Waals surface area contributed by atoms with Gasteiger partial charge < -0.3 is 15.4 Å². The predicted molar refractivity (Wildman–Crippen MR) is 85.1 cm³/mol. The fraction of sp³-hybridized carbons (Fsp3) is 0.588. The monoisotopic (exact) mass is 290 g/mol. The van der Waals surface area contributed by atoms with Gasteiger partial charge in [0.05, 0.1) is 12.2 Å². The van der Waals surface area contributed by atoms with E-state index in [4.69, 9.17) is 10.5 Å². The molecule has 4 nitrogen and oxygen atoms in total. The molecule has 1 unspecified atom stereocenters. The first kappa shape index (κ1) is 15.7. The van der Waals surface area contributed by atoms with Crippen LogP contribution in [0.2, 0.25) is 0 Å². The highest BCUT2D eigenvalue weighted by molar-refractivity contribution is 5.76. The average Bonchev–Trinajstić information content (AvgIpc) is 2.64. The molecule has 1 aliphatic rings. The van der Waals surface area contributed by atoms with Gasteiger partial charge in [0.25, 0.3) is 0 Å². The van der Waals surface area contributed by atoms with Gasteiger partial charge >= 0.3 is 0 Å². The van der Waals surface area contributed by atoms with E-state index in [1.807, 2.05) is 29.2 Å². The van der Waals surface area contributed by atoms with Crippen LogP contribution in [-0.4, -0.2) is 30.5 Å². The molecule has 0 spiro atoms. The molecule has 0 aromatic heterocycles. The SMILES string of the molecule is CC(C)C1CCC(=O)N(CCOc2ccccc2N)CC1. The topological polar surface area (TPSA) is 55.6 Å². The number of carbonyl (C=O) groups is 1. The van der Waals surface area contributed by atoms with E-state index in [1.54, 1.807) is 0 Å². The van der Waals surface area contributed by atoms with Crippen molar-refractivity contribution in [1.29, 1.82) is 0 Å². The number of hydrogen-bond donors (Lipinski definition) is 1. The number of carbonyl (C=O) groups excluding carboxylic acids is 1. The molecule has 21 heavy (non-hydrogen) atoms. The Morgan fingerprint density at radius 2 is 2.10 bits per heavy atom. The third-order valence-corrected chi connectivity index (χ3v) is 4.33. The van der Waals surface area contributed by atoms with Crippen LogP contribution in [0.5, 0.6) is 5.75 Å².